The first-order chi connectivity index (χ1) is 14.4. The molecule has 1 fully saturated rings. The molecule has 1 aromatic rings. The molecule has 8 nitrogen and oxygen atoms in total. The predicted octanol–water partition coefficient (Wildman–Crippen LogP) is 0.902. The van der Waals surface area contributed by atoms with Gasteiger partial charge in [0, 0.05) is 58.8 Å². The molecule has 0 spiro atoms. The van der Waals surface area contributed by atoms with Crippen LogP contribution in [-0.4, -0.2) is 81.9 Å². The number of nitrogens with zero attached hydrogens (tertiary/aromatic N) is 3. The zero-order valence-electron chi connectivity index (χ0n) is 18.7. The third kappa shape index (κ3) is 7.67. The van der Waals surface area contributed by atoms with Crippen molar-refractivity contribution in [2.45, 2.75) is 25.8 Å². The van der Waals surface area contributed by atoms with Gasteiger partial charge in [0.1, 0.15) is 0 Å². The molecule has 1 saturated heterocycles. The number of benzene rings is 1. The molecule has 1 aromatic carbocycles. The lowest BCUT2D eigenvalue weighted by Crippen LogP contribution is -2.45. The van der Waals surface area contributed by atoms with E-state index in [1.54, 1.807) is 14.1 Å². The number of amides is 2. The largest absolute Gasteiger partial charge is 0.359 e. The van der Waals surface area contributed by atoms with Gasteiger partial charge in [-0.3, -0.25) is 14.6 Å². The Labute approximate surface area is 180 Å². The van der Waals surface area contributed by atoms with E-state index in [0.717, 1.165) is 44.0 Å². The van der Waals surface area contributed by atoms with Crippen LogP contribution in [0.2, 0.25) is 0 Å². The number of likely N-dealkylation sites (tertiary alicyclic amines) is 1. The van der Waals surface area contributed by atoms with E-state index in [2.05, 4.69) is 25.8 Å². The summed E-state index contributed by atoms with van der Waals surface area (Å²) in [7, 11) is 7.44. The van der Waals surface area contributed by atoms with Crippen molar-refractivity contribution in [3.63, 3.8) is 0 Å². The van der Waals surface area contributed by atoms with Crippen LogP contribution in [0.5, 0.6) is 0 Å². The fraction of sp³-hybridized carbons (Fsp3) is 0.591. The molecule has 166 valence electrons. The number of nitrogens with one attached hydrogen (secondary N) is 3. The van der Waals surface area contributed by atoms with E-state index in [9.17, 15) is 9.59 Å². The summed E-state index contributed by atoms with van der Waals surface area (Å²) in [6.45, 7) is 3.80. The van der Waals surface area contributed by atoms with E-state index >= 15 is 0 Å². The number of hydrogen-bond donors (Lipinski definition) is 3. The first-order valence-corrected chi connectivity index (χ1v) is 10.6. The molecule has 1 aliphatic rings. The average molecular weight is 417 g/mol. The van der Waals surface area contributed by atoms with Gasteiger partial charge in [-0.1, -0.05) is 12.1 Å². The highest BCUT2D eigenvalue weighted by molar-refractivity contribution is 5.94. The van der Waals surface area contributed by atoms with Crippen LogP contribution in [0.15, 0.2) is 29.3 Å². The van der Waals surface area contributed by atoms with Crippen LogP contribution in [-0.2, 0) is 11.3 Å². The maximum atomic E-state index is 12.3. The smallest absolute Gasteiger partial charge is 0.251 e. The quantitative estimate of drug-likeness (QED) is 0.433. The summed E-state index contributed by atoms with van der Waals surface area (Å²) in [4.78, 5) is 32.6. The van der Waals surface area contributed by atoms with E-state index in [4.69, 9.17) is 0 Å². The second-order valence-electron chi connectivity index (χ2n) is 7.97. The summed E-state index contributed by atoms with van der Waals surface area (Å²) in [6.07, 6.45) is 2.56. The Balaban J connectivity index is 1.84. The van der Waals surface area contributed by atoms with E-state index in [0.29, 0.717) is 31.0 Å². The van der Waals surface area contributed by atoms with Crippen LogP contribution < -0.4 is 16.0 Å². The molecule has 2 rings (SSSR count). The van der Waals surface area contributed by atoms with E-state index in [-0.39, 0.29) is 11.8 Å². The summed E-state index contributed by atoms with van der Waals surface area (Å²) in [5, 5.41) is 9.06. The molecule has 0 radical (unpaired) electrons. The van der Waals surface area contributed by atoms with Gasteiger partial charge in [0.15, 0.2) is 5.96 Å². The van der Waals surface area contributed by atoms with Crippen molar-refractivity contribution in [1.29, 1.82) is 0 Å². The maximum Gasteiger partial charge on any atom is 0.251 e. The zero-order chi connectivity index (χ0) is 21.9. The molecule has 0 unspecified atom stereocenters. The van der Waals surface area contributed by atoms with E-state index in [1.807, 2.05) is 43.3 Å². The molecule has 0 aliphatic carbocycles. The third-order valence-electron chi connectivity index (χ3n) is 5.36. The highest BCUT2D eigenvalue weighted by Gasteiger charge is 2.23. The van der Waals surface area contributed by atoms with Gasteiger partial charge in [-0.2, -0.15) is 0 Å². The Hall–Kier alpha value is -2.61. The minimum Gasteiger partial charge on any atom is -0.359 e. The average Bonchev–Trinajstić information content (AvgIpc) is 2.75. The van der Waals surface area contributed by atoms with Crippen LogP contribution in [0.3, 0.4) is 0 Å². The van der Waals surface area contributed by atoms with Gasteiger partial charge < -0.3 is 25.8 Å². The van der Waals surface area contributed by atoms with Crippen molar-refractivity contribution in [3.8, 4) is 0 Å². The minimum atomic E-state index is -0.0544. The number of rotatable bonds is 8. The first kappa shape index (κ1) is 23.7. The third-order valence-corrected chi connectivity index (χ3v) is 5.36. The fourth-order valence-electron chi connectivity index (χ4n) is 3.54. The second kappa shape index (κ2) is 12.2. The van der Waals surface area contributed by atoms with Crippen molar-refractivity contribution in [2.75, 3.05) is 54.4 Å². The molecule has 30 heavy (non-hydrogen) atoms. The van der Waals surface area contributed by atoms with Crippen LogP contribution in [0.25, 0.3) is 0 Å². The summed E-state index contributed by atoms with van der Waals surface area (Å²) in [5.74, 6) is 1.35. The molecule has 1 aliphatic heterocycles. The number of piperidine rings is 1. The second-order valence-corrected chi connectivity index (χ2v) is 7.97. The highest BCUT2D eigenvalue weighted by atomic mass is 16.2. The fourth-order valence-corrected chi connectivity index (χ4v) is 3.54. The number of hydrogen-bond acceptors (Lipinski definition) is 4. The number of guanidine groups is 1. The highest BCUT2D eigenvalue weighted by Crippen LogP contribution is 2.20. The predicted molar refractivity (Wildman–Crippen MR) is 121 cm³/mol. The maximum absolute atomic E-state index is 12.3. The Morgan fingerprint density at radius 2 is 1.93 bits per heavy atom. The summed E-state index contributed by atoms with van der Waals surface area (Å²) in [6, 6.07) is 7.67. The molecule has 8 heteroatoms. The number of carbonyl (C=O) groups excluding carboxylic acids is 2. The molecule has 0 aromatic heterocycles. The van der Waals surface area contributed by atoms with E-state index < -0.39 is 0 Å². The molecule has 0 atom stereocenters. The van der Waals surface area contributed by atoms with Gasteiger partial charge in [0.2, 0.25) is 5.91 Å². The van der Waals surface area contributed by atoms with Crippen molar-refractivity contribution < 1.29 is 9.59 Å². The van der Waals surface area contributed by atoms with Crippen LogP contribution in [0.4, 0.5) is 0 Å². The molecular formula is C22H36N6O2. The molecule has 3 N–H and O–H groups in total. The summed E-state index contributed by atoms with van der Waals surface area (Å²) in [5.41, 5.74) is 1.70. The van der Waals surface area contributed by atoms with E-state index in [1.165, 1.54) is 0 Å². The molecular weight excluding hydrogens is 380 g/mol. The normalized spacial score (nSPS) is 15.2. The topological polar surface area (TPSA) is 89.1 Å². The lowest BCUT2D eigenvalue weighted by Gasteiger charge is -2.34. The van der Waals surface area contributed by atoms with Crippen molar-refractivity contribution >= 4 is 17.8 Å². The Morgan fingerprint density at radius 3 is 2.57 bits per heavy atom. The van der Waals surface area contributed by atoms with Gasteiger partial charge in [0.25, 0.3) is 5.91 Å². The SMILES string of the molecule is CN=C(NCc1cccc(C(=O)NCCN(C)C)c1)N1CCC(CC(=O)NC)CC1. The zero-order valence-corrected chi connectivity index (χ0v) is 18.7. The summed E-state index contributed by atoms with van der Waals surface area (Å²) < 4.78 is 0. The summed E-state index contributed by atoms with van der Waals surface area (Å²) >= 11 is 0. The lowest BCUT2D eigenvalue weighted by atomic mass is 9.93. The van der Waals surface area contributed by atoms with Gasteiger partial charge in [-0.05, 0) is 50.6 Å². The van der Waals surface area contributed by atoms with Gasteiger partial charge in [-0.15, -0.1) is 0 Å². The van der Waals surface area contributed by atoms with Gasteiger partial charge >= 0.3 is 0 Å². The Morgan fingerprint density at radius 1 is 1.20 bits per heavy atom. The monoisotopic (exact) mass is 416 g/mol. The molecule has 0 saturated carbocycles. The lowest BCUT2D eigenvalue weighted by molar-refractivity contribution is -0.121. The standard InChI is InChI=1S/C22H36N6O2/c1-23-20(29)15-17-8-11-28(12-9-17)22(24-2)26-16-18-6-5-7-19(14-18)21(30)25-10-13-27(3)4/h5-7,14,17H,8-13,15-16H2,1-4H3,(H,23,29)(H,24,26)(H,25,30). The number of carbonyl (C=O) groups is 2. The number of aliphatic imine (C=N–C) groups is 1. The van der Waals surface area contributed by atoms with Gasteiger partial charge in [0.05, 0.1) is 0 Å². The van der Waals surface area contributed by atoms with Crippen LogP contribution >= 0.6 is 0 Å². The molecule has 2 amide bonds. The van der Waals surface area contributed by atoms with Crippen molar-refractivity contribution in [3.05, 3.63) is 35.4 Å². The molecule has 1 heterocycles. The van der Waals surface area contributed by atoms with Crippen molar-refractivity contribution in [1.82, 2.24) is 25.8 Å². The number of likely N-dealkylation sites (N-methyl/N-ethyl adjacent to an activating group) is 1. The van der Waals surface area contributed by atoms with Crippen LogP contribution in [0, 0.1) is 5.92 Å². The Bertz CT molecular complexity index is 726. The van der Waals surface area contributed by atoms with Crippen molar-refractivity contribution in [2.24, 2.45) is 10.9 Å². The van der Waals surface area contributed by atoms with Crippen LogP contribution in [0.1, 0.15) is 35.2 Å². The minimum absolute atomic E-state index is 0.0544. The Kier molecular flexibility index (Phi) is 9.60. The van der Waals surface area contributed by atoms with Gasteiger partial charge in [-0.25, -0.2) is 0 Å². The molecule has 0 bridgehead atoms. The first-order valence-electron chi connectivity index (χ1n) is 10.6.